The van der Waals surface area contributed by atoms with Gasteiger partial charge in [-0.1, -0.05) is 30.3 Å². The molecule has 168 valence electrons. The molecule has 1 aliphatic rings. The normalized spacial score (nSPS) is 17.1. The van der Waals surface area contributed by atoms with Gasteiger partial charge in [0, 0.05) is 38.3 Å². The summed E-state index contributed by atoms with van der Waals surface area (Å²) in [5.74, 6) is 0.0698. The summed E-state index contributed by atoms with van der Waals surface area (Å²) in [6.07, 6.45) is 0.882. The Hall–Kier alpha value is -3.23. The van der Waals surface area contributed by atoms with E-state index < -0.39 is 11.9 Å². The van der Waals surface area contributed by atoms with Crippen molar-refractivity contribution in [2.24, 2.45) is 5.73 Å². The molecular formula is C24H29N5O3. The highest BCUT2D eigenvalue weighted by Crippen LogP contribution is 2.21. The molecule has 4 rings (SSSR count). The van der Waals surface area contributed by atoms with E-state index in [1.807, 2.05) is 35.8 Å². The highest BCUT2D eigenvalue weighted by molar-refractivity contribution is 6.00. The maximum Gasteiger partial charge on any atom is 0.254 e. The van der Waals surface area contributed by atoms with Crippen molar-refractivity contribution < 1.29 is 14.7 Å². The van der Waals surface area contributed by atoms with Crippen molar-refractivity contribution in [1.82, 2.24) is 19.4 Å². The summed E-state index contributed by atoms with van der Waals surface area (Å²) in [4.78, 5) is 33.8. The molecule has 3 aromatic rings. The molecule has 0 radical (unpaired) electrons. The highest BCUT2D eigenvalue weighted by atomic mass is 16.3. The van der Waals surface area contributed by atoms with Crippen LogP contribution in [-0.2, 0) is 17.8 Å². The standard InChI is InChI=1S/C24H29N5O3/c1-17-26-20-15-19(7-8-21(20)28(17)13-14-30)24(32)29-12-11-27(16-22(29)23(25)31)10-9-18-5-3-2-4-6-18/h2-8,15,22,30H,9-14,16H2,1H3,(H2,25,31)/t22-/m0/s1. The number of hydrogen-bond donors (Lipinski definition) is 2. The van der Waals surface area contributed by atoms with E-state index in [0.717, 1.165) is 24.3 Å². The van der Waals surface area contributed by atoms with Crippen LogP contribution in [-0.4, -0.2) is 75.1 Å². The zero-order valence-corrected chi connectivity index (χ0v) is 18.3. The van der Waals surface area contributed by atoms with E-state index in [1.54, 1.807) is 17.0 Å². The van der Waals surface area contributed by atoms with Gasteiger partial charge in [0.15, 0.2) is 0 Å². The van der Waals surface area contributed by atoms with E-state index in [9.17, 15) is 14.7 Å². The van der Waals surface area contributed by atoms with Crippen LogP contribution in [0.1, 0.15) is 21.7 Å². The lowest BCUT2D eigenvalue weighted by Gasteiger charge is -2.40. The number of amides is 2. The molecule has 8 heteroatoms. The van der Waals surface area contributed by atoms with Gasteiger partial charge in [0.25, 0.3) is 5.91 Å². The number of fused-ring (bicyclic) bond motifs is 1. The summed E-state index contributed by atoms with van der Waals surface area (Å²) in [5.41, 5.74) is 8.97. The van der Waals surface area contributed by atoms with Crippen LogP contribution >= 0.6 is 0 Å². The number of carbonyl (C=O) groups excluding carboxylic acids is 2. The van der Waals surface area contributed by atoms with E-state index in [0.29, 0.717) is 37.3 Å². The van der Waals surface area contributed by atoms with Crippen molar-refractivity contribution in [1.29, 1.82) is 0 Å². The van der Waals surface area contributed by atoms with Crippen molar-refractivity contribution >= 4 is 22.8 Å². The Kier molecular flexibility index (Phi) is 6.53. The van der Waals surface area contributed by atoms with Crippen molar-refractivity contribution in [2.75, 3.05) is 32.8 Å². The smallest absolute Gasteiger partial charge is 0.254 e. The Morgan fingerprint density at radius 3 is 2.62 bits per heavy atom. The number of aliphatic hydroxyl groups excluding tert-OH is 1. The lowest BCUT2D eigenvalue weighted by atomic mass is 10.1. The number of rotatable bonds is 7. The van der Waals surface area contributed by atoms with E-state index in [1.165, 1.54) is 5.56 Å². The molecule has 1 aromatic heterocycles. The van der Waals surface area contributed by atoms with Crippen LogP contribution in [0.2, 0.25) is 0 Å². The Morgan fingerprint density at radius 1 is 1.12 bits per heavy atom. The Balaban J connectivity index is 1.48. The molecule has 0 aliphatic carbocycles. The van der Waals surface area contributed by atoms with Crippen LogP contribution in [0.5, 0.6) is 0 Å². The second kappa shape index (κ2) is 9.50. The Labute approximate surface area is 187 Å². The Bertz CT molecular complexity index is 1110. The van der Waals surface area contributed by atoms with Crippen molar-refractivity contribution in [3.8, 4) is 0 Å². The molecule has 1 saturated heterocycles. The predicted octanol–water partition coefficient (Wildman–Crippen LogP) is 1.19. The summed E-state index contributed by atoms with van der Waals surface area (Å²) in [6, 6.07) is 14.9. The number of aliphatic hydroxyl groups is 1. The van der Waals surface area contributed by atoms with Gasteiger partial charge in [-0.05, 0) is 37.1 Å². The third kappa shape index (κ3) is 4.51. The van der Waals surface area contributed by atoms with Gasteiger partial charge in [-0.3, -0.25) is 14.5 Å². The SMILES string of the molecule is Cc1nc2cc(C(=O)N3CCN(CCc4ccccc4)C[C@H]3C(N)=O)ccc2n1CCO. The average molecular weight is 436 g/mol. The number of primary amides is 1. The zero-order valence-electron chi connectivity index (χ0n) is 18.3. The first-order valence-electron chi connectivity index (χ1n) is 10.9. The number of imidazole rings is 1. The van der Waals surface area contributed by atoms with Crippen LogP contribution < -0.4 is 5.73 Å². The molecule has 2 amide bonds. The van der Waals surface area contributed by atoms with Gasteiger partial charge in [-0.15, -0.1) is 0 Å². The van der Waals surface area contributed by atoms with E-state index in [2.05, 4.69) is 22.0 Å². The minimum Gasteiger partial charge on any atom is -0.395 e. The second-order valence-electron chi connectivity index (χ2n) is 8.19. The van der Waals surface area contributed by atoms with E-state index >= 15 is 0 Å². The summed E-state index contributed by atoms with van der Waals surface area (Å²) in [5, 5.41) is 9.28. The van der Waals surface area contributed by atoms with Gasteiger partial charge in [-0.2, -0.15) is 0 Å². The van der Waals surface area contributed by atoms with Crippen LogP contribution in [0.4, 0.5) is 0 Å². The quantitative estimate of drug-likeness (QED) is 0.580. The third-order valence-corrected chi connectivity index (χ3v) is 6.12. The summed E-state index contributed by atoms with van der Waals surface area (Å²) < 4.78 is 1.92. The molecule has 0 unspecified atom stereocenters. The molecule has 1 fully saturated rings. The molecular weight excluding hydrogens is 406 g/mol. The van der Waals surface area contributed by atoms with Gasteiger partial charge in [0.1, 0.15) is 11.9 Å². The van der Waals surface area contributed by atoms with Crippen LogP contribution in [0.3, 0.4) is 0 Å². The molecule has 3 N–H and O–H groups in total. The monoisotopic (exact) mass is 435 g/mol. The zero-order chi connectivity index (χ0) is 22.7. The topological polar surface area (TPSA) is 105 Å². The first kappa shape index (κ1) is 22.0. The summed E-state index contributed by atoms with van der Waals surface area (Å²) >= 11 is 0. The lowest BCUT2D eigenvalue weighted by molar-refractivity contribution is -0.124. The largest absolute Gasteiger partial charge is 0.395 e. The fraction of sp³-hybridized carbons (Fsp3) is 0.375. The van der Waals surface area contributed by atoms with Gasteiger partial charge in [-0.25, -0.2) is 4.98 Å². The van der Waals surface area contributed by atoms with E-state index in [-0.39, 0.29) is 12.5 Å². The number of piperazine rings is 1. The lowest BCUT2D eigenvalue weighted by Crippen LogP contribution is -2.60. The van der Waals surface area contributed by atoms with Gasteiger partial charge in [0.05, 0.1) is 17.6 Å². The molecule has 32 heavy (non-hydrogen) atoms. The van der Waals surface area contributed by atoms with Crippen molar-refractivity contribution in [3.63, 3.8) is 0 Å². The summed E-state index contributed by atoms with van der Waals surface area (Å²) in [6.45, 7) is 4.71. The maximum absolute atomic E-state index is 13.3. The first-order chi connectivity index (χ1) is 15.5. The van der Waals surface area contributed by atoms with Gasteiger partial charge in [0.2, 0.25) is 5.91 Å². The van der Waals surface area contributed by atoms with Crippen molar-refractivity contribution in [3.05, 3.63) is 65.5 Å². The number of aromatic nitrogens is 2. The second-order valence-corrected chi connectivity index (χ2v) is 8.19. The summed E-state index contributed by atoms with van der Waals surface area (Å²) in [7, 11) is 0. The molecule has 0 spiro atoms. The molecule has 2 aromatic carbocycles. The van der Waals surface area contributed by atoms with Crippen LogP contribution in [0, 0.1) is 6.92 Å². The van der Waals surface area contributed by atoms with Gasteiger partial charge >= 0.3 is 0 Å². The van der Waals surface area contributed by atoms with Gasteiger partial charge < -0.3 is 20.3 Å². The number of aryl methyl sites for hydroxylation is 1. The highest BCUT2D eigenvalue weighted by Gasteiger charge is 2.34. The molecule has 2 heterocycles. The van der Waals surface area contributed by atoms with Crippen LogP contribution in [0.15, 0.2) is 48.5 Å². The fourth-order valence-corrected chi connectivity index (χ4v) is 4.39. The number of nitrogens with two attached hydrogens (primary N) is 1. The molecule has 8 nitrogen and oxygen atoms in total. The van der Waals surface area contributed by atoms with Crippen molar-refractivity contribution in [2.45, 2.75) is 25.9 Å². The number of hydrogen-bond acceptors (Lipinski definition) is 5. The number of benzene rings is 2. The fourth-order valence-electron chi connectivity index (χ4n) is 4.39. The molecule has 0 saturated carbocycles. The number of nitrogens with zero attached hydrogens (tertiary/aromatic N) is 4. The average Bonchev–Trinajstić information content (AvgIpc) is 3.12. The minimum absolute atomic E-state index is 0.0157. The first-order valence-corrected chi connectivity index (χ1v) is 10.9. The molecule has 1 atom stereocenters. The molecule has 1 aliphatic heterocycles. The minimum atomic E-state index is -0.670. The Morgan fingerprint density at radius 2 is 1.91 bits per heavy atom. The predicted molar refractivity (Wildman–Crippen MR) is 122 cm³/mol. The van der Waals surface area contributed by atoms with E-state index in [4.69, 9.17) is 5.73 Å². The maximum atomic E-state index is 13.3. The number of carbonyl (C=O) groups is 2. The van der Waals surface area contributed by atoms with Crippen LogP contribution in [0.25, 0.3) is 11.0 Å². The third-order valence-electron chi connectivity index (χ3n) is 6.12. The molecule has 0 bridgehead atoms.